The van der Waals surface area contributed by atoms with Crippen LogP contribution in [-0.4, -0.2) is 27.8 Å². The van der Waals surface area contributed by atoms with Crippen LogP contribution in [0.5, 0.6) is 0 Å². The second-order valence-corrected chi connectivity index (χ2v) is 5.63. The van der Waals surface area contributed by atoms with Crippen molar-refractivity contribution in [3.63, 3.8) is 0 Å². The number of hydrogen-bond acceptors (Lipinski definition) is 3. The van der Waals surface area contributed by atoms with E-state index < -0.39 is 10.0 Å². The summed E-state index contributed by atoms with van der Waals surface area (Å²) in [6, 6.07) is 5.70. The highest BCUT2D eigenvalue weighted by atomic mass is 32.2. The van der Waals surface area contributed by atoms with Gasteiger partial charge in [-0.2, -0.15) is 0 Å². The Balaban J connectivity index is 2.88. The fourth-order valence-corrected chi connectivity index (χ4v) is 2.63. The first-order valence-electron chi connectivity index (χ1n) is 5.17. The Morgan fingerprint density at radius 1 is 1.19 bits per heavy atom. The molecule has 0 amide bonds. The monoisotopic (exact) mass is 242 g/mol. The molecule has 0 aromatic heterocycles. The molecule has 0 atom stereocenters. The summed E-state index contributed by atoms with van der Waals surface area (Å²) in [7, 11) is -1.52. The van der Waals surface area contributed by atoms with Crippen molar-refractivity contribution < 1.29 is 8.42 Å². The highest BCUT2D eigenvalue weighted by Gasteiger charge is 2.12. The molecule has 1 aromatic carbocycles. The SMILES string of the molecule is CNCCS(=O)(=O)Nc1c(C)cccc1C. The molecule has 0 radical (unpaired) electrons. The molecule has 0 aliphatic heterocycles. The lowest BCUT2D eigenvalue weighted by atomic mass is 10.1. The zero-order valence-electron chi connectivity index (χ0n) is 9.87. The van der Waals surface area contributed by atoms with Crippen LogP contribution in [0.2, 0.25) is 0 Å². The van der Waals surface area contributed by atoms with E-state index in [1.165, 1.54) is 0 Å². The van der Waals surface area contributed by atoms with Gasteiger partial charge in [0.15, 0.2) is 0 Å². The van der Waals surface area contributed by atoms with E-state index in [1.807, 2.05) is 32.0 Å². The second kappa shape index (κ2) is 5.32. The average molecular weight is 242 g/mol. The molecule has 0 bridgehead atoms. The molecule has 16 heavy (non-hydrogen) atoms. The first-order chi connectivity index (χ1) is 7.46. The Morgan fingerprint density at radius 2 is 1.75 bits per heavy atom. The molecule has 2 N–H and O–H groups in total. The smallest absolute Gasteiger partial charge is 0.233 e. The number of rotatable bonds is 5. The van der Waals surface area contributed by atoms with Crippen LogP contribution >= 0.6 is 0 Å². The molecule has 0 saturated carbocycles. The van der Waals surface area contributed by atoms with E-state index in [2.05, 4.69) is 10.0 Å². The maximum atomic E-state index is 11.7. The van der Waals surface area contributed by atoms with Crippen LogP contribution in [0.1, 0.15) is 11.1 Å². The van der Waals surface area contributed by atoms with Crippen LogP contribution in [0.25, 0.3) is 0 Å². The Labute approximate surface area is 97.1 Å². The van der Waals surface area contributed by atoms with Crippen molar-refractivity contribution in [3.05, 3.63) is 29.3 Å². The molecule has 0 spiro atoms. The van der Waals surface area contributed by atoms with Crippen LogP contribution in [-0.2, 0) is 10.0 Å². The van der Waals surface area contributed by atoms with Gasteiger partial charge in [0.2, 0.25) is 10.0 Å². The molecule has 5 heteroatoms. The number of sulfonamides is 1. The normalized spacial score (nSPS) is 11.4. The van der Waals surface area contributed by atoms with Gasteiger partial charge in [-0.3, -0.25) is 4.72 Å². The van der Waals surface area contributed by atoms with Crippen LogP contribution in [0, 0.1) is 13.8 Å². The van der Waals surface area contributed by atoms with E-state index in [9.17, 15) is 8.42 Å². The van der Waals surface area contributed by atoms with Gasteiger partial charge in [-0.25, -0.2) is 8.42 Å². The molecule has 0 saturated heterocycles. The number of anilines is 1. The predicted molar refractivity (Wildman–Crippen MR) is 67.3 cm³/mol. The molecule has 0 unspecified atom stereocenters. The van der Waals surface area contributed by atoms with E-state index in [0.717, 1.165) is 11.1 Å². The Bertz CT molecular complexity index is 435. The topological polar surface area (TPSA) is 58.2 Å². The van der Waals surface area contributed by atoms with Crippen molar-refractivity contribution in [1.82, 2.24) is 5.32 Å². The van der Waals surface area contributed by atoms with E-state index in [4.69, 9.17) is 0 Å². The number of benzene rings is 1. The number of hydrogen-bond donors (Lipinski definition) is 2. The summed E-state index contributed by atoms with van der Waals surface area (Å²) < 4.78 is 26.0. The summed E-state index contributed by atoms with van der Waals surface area (Å²) in [6.07, 6.45) is 0. The zero-order valence-corrected chi connectivity index (χ0v) is 10.7. The first-order valence-corrected chi connectivity index (χ1v) is 6.83. The number of nitrogens with one attached hydrogen (secondary N) is 2. The lowest BCUT2D eigenvalue weighted by Crippen LogP contribution is -2.25. The lowest BCUT2D eigenvalue weighted by molar-refractivity contribution is 0.598. The van der Waals surface area contributed by atoms with Gasteiger partial charge in [-0.05, 0) is 32.0 Å². The van der Waals surface area contributed by atoms with Gasteiger partial charge in [0.25, 0.3) is 0 Å². The summed E-state index contributed by atoms with van der Waals surface area (Å²) >= 11 is 0. The quantitative estimate of drug-likeness (QED) is 0.817. The van der Waals surface area contributed by atoms with Gasteiger partial charge in [-0.15, -0.1) is 0 Å². The lowest BCUT2D eigenvalue weighted by Gasteiger charge is -2.12. The van der Waals surface area contributed by atoms with E-state index in [1.54, 1.807) is 7.05 Å². The van der Waals surface area contributed by atoms with Crippen molar-refractivity contribution in [2.75, 3.05) is 24.1 Å². The van der Waals surface area contributed by atoms with Crippen molar-refractivity contribution in [2.45, 2.75) is 13.8 Å². The summed E-state index contributed by atoms with van der Waals surface area (Å²) in [4.78, 5) is 0. The zero-order chi connectivity index (χ0) is 12.2. The molecule has 4 nitrogen and oxygen atoms in total. The molecule has 0 aliphatic rings. The van der Waals surface area contributed by atoms with Crippen molar-refractivity contribution in [1.29, 1.82) is 0 Å². The van der Waals surface area contributed by atoms with Gasteiger partial charge < -0.3 is 5.32 Å². The minimum Gasteiger partial charge on any atom is -0.319 e. The van der Waals surface area contributed by atoms with E-state index in [-0.39, 0.29) is 5.75 Å². The van der Waals surface area contributed by atoms with Crippen molar-refractivity contribution >= 4 is 15.7 Å². The maximum Gasteiger partial charge on any atom is 0.233 e. The van der Waals surface area contributed by atoms with Crippen LogP contribution in [0.15, 0.2) is 18.2 Å². The first kappa shape index (κ1) is 13.0. The van der Waals surface area contributed by atoms with Crippen LogP contribution < -0.4 is 10.0 Å². The van der Waals surface area contributed by atoms with Gasteiger partial charge >= 0.3 is 0 Å². The van der Waals surface area contributed by atoms with E-state index in [0.29, 0.717) is 12.2 Å². The van der Waals surface area contributed by atoms with Gasteiger partial charge in [0.05, 0.1) is 11.4 Å². The summed E-state index contributed by atoms with van der Waals surface area (Å²) in [5.41, 5.74) is 2.57. The minimum absolute atomic E-state index is 0.0806. The van der Waals surface area contributed by atoms with Gasteiger partial charge in [-0.1, -0.05) is 18.2 Å². The summed E-state index contributed by atoms with van der Waals surface area (Å²) in [5, 5.41) is 2.82. The van der Waals surface area contributed by atoms with E-state index >= 15 is 0 Å². The molecule has 1 aromatic rings. The Hall–Kier alpha value is -1.07. The third-order valence-electron chi connectivity index (χ3n) is 2.36. The van der Waals surface area contributed by atoms with Gasteiger partial charge in [0, 0.05) is 6.54 Å². The summed E-state index contributed by atoms with van der Waals surface area (Å²) in [5.74, 6) is 0.0806. The number of aryl methyl sites for hydroxylation is 2. The molecule has 0 fully saturated rings. The van der Waals surface area contributed by atoms with Gasteiger partial charge in [0.1, 0.15) is 0 Å². The van der Waals surface area contributed by atoms with Crippen LogP contribution in [0.3, 0.4) is 0 Å². The summed E-state index contributed by atoms with van der Waals surface area (Å²) in [6.45, 7) is 4.23. The largest absolute Gasteiger partial charge is 0.319 e. The fraction of sp³-hybridized carbons (Fsp3) is 0.455. The predicted octanol–water partition coefficient (Wildman–Crippen LogP) is 1.26. The Morgan fingerprint density at radius 3 is 2.25 bits per heavy atom. The molecule has 0 heterocycles. The molecule has 1 rings (SSSR count). The molecular formula is C11H18N2O2S. The minimum atomic E-state index is -3.25. The molecule has 90 valence electrons. The van der Waals surface area contributed by atoms with Crippen LogP contribution in [0.4, 0.5) is 5.69 Å². The molecular weight excluding hydrogens is 224 g/mol. The van der Waals surface area contributed by atoms with Crippen molar-refractivity contribution in [3.8, 4) is 0 Å². The third kappa shape index (κ3) is 3.50. The fourth-order valence-electron chi connectivity index (χ4n) is 1.42. The maximum absolute atomic E-state index is 11.7. The second-order valence-electron chi connectivity index (χ2n) is 3.79. The highest BCUT2D eigenvalue weighted by Crippen LogP contribution is 2.20. The standard InChI is InChI=1S/C11H18N2O2S/c1-9-5-4-6-10(2)11(9)13-16(14,15)8-7-12-3/h4-6,12-13H,7-8H2,1-3H3. The number of para-hydroxylation sites is 1. The average Bonchev–Trinajstić information content (AvgIpc) is 2.21. The van der Waals surface area contributed by atoms with Crippen molar-refractivity contribution in [2.24, 2.45) is 0 Å². The Kier molecular flexibility index (Phi) is 4.32. The highest BCUT2D eigenvalue weighted by molar-refractivity contribution is 7.92. The molecule has 0 aliphatic carbocycles. The third-order valence-corrected chi connectivity index (χ3v) is 3.62.